The summed E-state index contributed by atoms with van der Waals surface area (Å²) in [5, 5.41) is 12.2. The molecule has 0 saturated carbocycles. The lowest BCUT2D eigenvalue weighted by Gasteiger charge is -2.31. The Labute approximate surface area is 152 Å². The SMILES string of the molecule is CC(C)(C)CCCNC(=O)c1ccc(CN2CCC(CO)CC2)cc1. The van der Waals surface area contributed by atoms with Gasteiger partial charge in [-0.25, -0.2) is 0 Å². The van der Waals surface area contributed by atoms with Crippen LogP contribution in [0, 0.1) is 11.3 Å². The summed E-state index contributed by atoms with van der Waals surface area (Å²) >= 11 is 0. The number of nitrogens with zero attached hydrogens (tertiary/aromatic N) is 1. The molecule has 1 saturated heterocycles. The summed E-state index contributed by atoms with van der Waals surface area (Å²) in [6.45, 7) is 10.7. The molecular formula is C21H34N2O2. The van der Waals surface area contributed by atoms with Gasteiger partial charge in [0, 0.05) is 25.3 Å². The van der Waals surface area contributed by atoms with Crippen LogP contribution in [0.1, 0.15) is 62.4 Å². The maximum Gasteiger partial charge on any atom is 0.251 e. The zero-order valence-corrected chi connectivity index (χ0v) is 16.1. The number of carbonyl (C=O) groups is 1. The Kier molecular flexibility index (Phi) is 7.45. The predicted molar refractivity (Wildman–Crippen MR) is 103 cm³/mol. The average Bonchev–Trinajstić information content (AvgIpc) is 2.59. The van der Waals surface area contributed by atoms with E-state index >= 15 is 0 Å². The fourth-order valence-corrected chi connectivity index (χ4v) is 3.27. The monoisotopic (exact) mass is 346 g/mol. The maximum absolute atomic E-state index is 12.2. The van der Waals surface area contributed by atoms with E-state index in [1.54, 1.807) is 0 Å². The molecule has 1 aromatic rings. The van der Waals surface area contributed by atoms with E-state index in [1.165, 1.54) is 5.56 Å². The van der Waals surface area contributed by atoms with Gasteiger partial charge in [-0.2, -0.15) is 0 Å². The zero-order valence-electron chi connectivity index (χ0n) is 16.1. The molecule has 1 amide bonds. The number of aliphatic hydroxyl groups excluding tert-OH is 1. The standard InChI is InChI=1S/C21H34N2O2/c1-21(2,3)11-4-12-22-20(25)19-7-5-17(6-8-19)15-23-13-9-18(16-24)10-14-23/h5-8,18,24H,4,9-16H2,1-3H3,(H,22,25). The number of hydrogen-bond acceptors (Lipinski definition) is 3. The summed E-state index contributed by atoms with van der Waals surface area (Å²) in [4.78, 5) is 14.6. The summed E-state index contributed by atoms with van der Waals surface area (Å²) in [6.07, 6.45) is 4.27. The molecule has 2 N–H and O–H groups in total. The number of carbonyl (C=O) groups excluding carboxylic acids is 1. The Hall–Kier alpha value is -1.39. The van der Waals surface area contributed by atoms with Gasteiger partial charge < -0.3 is 10.4 Å². The minimum atomic E-state index is 0.0178. The Morgan fingerprint density at radius 1 is 1.20 bits per heavy atom. The van der Waals surface area contributed by atoms with Crippen molar-refractivity contribution < 1.29 is 9.90 Å². The number of hydrogen-bond donors (Lipinski definition) is 2. The first-order chi connectivity index (χ1) is 11.9. The van der Waals surface area contributed by atoms with Gasteiger partial charge in [0.25, 0.3) is 5.91 Å². The topological polar surface area (TPSA) is 52.6 Å². The summed E-state index contributed by atoms with van der Waals surface area (Å²) in [7, 11) is 0. The second-order valence-electron chi connectivity index (χ2n) is 8.52. The summed E-state index contributed by atoms with van der Waals surface area (Å²) in [5.41, 5.74) is 2.29. The second-order valence-corrected chi connectivity index (χ2v) is 8.52. The smallest absolute Gasteiger partial charge is 0.251 e. The number of amides is 1. The van der Waals surface area contributed by atoms with Crippen molar-refractivity contribution in [3.8, 4) is 0 Å². The van der Waals surface area contributed by atoms with E-state index in [0.717, 1.165) is 57.4 Å². The molecule has 0 aliphatic carbocycles. The van der Waals surface area contributed by atoms with Crippen LogP contribution in [0.4, 0.5) is 0 Å². The molecule has 1 aromatic carbocycles. The summed E-state index contributed by atoms with van der Waals surface area (Å²) < 4.78 is 0. The lowest BCUT2D eigenvalue weighted by molar-refractivity contribution is 0.0951. The minimum Gasteiger partial charge on any atom is -0.396 e. The van der Waals surface area contributed by atoms with Gasteiger partial charge in [-0.05, 0) is 67.8 Å². The van der Waals surface area contributed by atoms with Gasteiger partial charge in [0.05, 0.1) is 0 Å². The Morgan fingerprint density at radius 2 is 1.84 bits per heavy atom. The first-order valence-electron chi connectivity index (χ1n) is 9.58. The van der Waals surface area contributed by atoms with Gasteiger partial charge in [-0.3, -0.25) is 9.69 Å². The molecule has 25 heavy (non-hydrogen) atoms. The molecule has 1 fully saturated rings. The number of piperidine rings is 1. The molecule has 1 aliphatic heterocycles. The van der Waals surface area contributed by atoms with Crippen molar-refractivity contribution in [1.82, 2.24) is 10.2 Å². The van der Waals surface area contributed by atoms with Crippen LogP contribution in [-0.2, 0) is 6.54 Å². The third kappa shape index (κ3) is 7.17. The average molecular weight is 347 g/mol. The first kappa shape index (κ1) is 19.9. The molecular weight excluding hydrogens is 312 g/mol. The quantitative estimate of drug-likeness (QED) is 0.744. The van der Waals surface area contributed by atoms with Crippen LogP contribution in [0.15, 0.2) is 24.3 Å². The fourth-order valence-electron chi connectivity index (χ4n) is 3.27. The van der Waals surface area contributed by atoms with E-state index < -0.39 is 0 Å². The van der Waals surface area contributed by atoms with Crippen molar-refractivity contribution in [3.63, 3.8) is 0 Å². The highest BCUT2D eigenvalue weighted by Gasteiger charge is 2.18. The summed E-state index contributed by atoms with van der Waals surface area (Å²) in [5.74, 6) is 0.491. The Morgan fingerprint density at radius 3 is 2.40 bits per heavy atom. The molecule has 4 heteroatoms. The Bertz CT molecular complexity index is 526. The van der Waals surface area contributed by atoms with Crippen LogP contribution >= 0.6 is 0 Å². The predicted octanol–water partition coefficient (Wildman–Crippen LogP) is 3.45. The lowest BCUT2D eigenvalue weighted by Crippen LogP contribution is -2.34. The molecule has 0 unspecified atom stereocenters. The molecule has 0 aromatic heterocycles. The van der Waals surface area contributed by atoms with E-state index in [2.05, 4.69) is 43.1 Å². The normalized spacial score (nSPS) is 16.8. The first-order valence-corrected chi connectivity index (χ1v) is 9.58. The zero-order chi connectivity index (χ0) is 18.3. The van der Waals surface area contributed by atoms with Crippen LogP contribution in [0.2, 0.25) is 0 Å². The van der Waals surface area contributed by atoms with Crippen LogP contribution < -0.4 is 5.32 Å². The summed E-state index contributed by atoms with van der Waals surface area (Å²) in [6, 6.07) is 7.97. The molecule has 0 spiro atoms. The molecule has 0 bridgehead atoms. The number of benzene rings is 1. The molecule has 140 valence electrons. The number of nitrogens with one attached hydrogen (secondary N) is 1. The van der Waals surface area contributed by atoms with E-state index in [0.29, 0.717) is 17.9 Å². The van der Waals surface area contributed by atoms with Crippen molar-refractivity contribution >= 4 is 5.91 Å². The van der Waals surface area contributed by atoms with Gasteiger partial charge in [-0.15, -0.1) is 0 Å². The van der Waals surface area contributed by atoms with Crippen LogP contribution in [0.25, 0.3) is 0 Å². The fraction of sp³-hybridized carbons (Fsp3) is 0.667. The van der Waals surface area contributed by atoms with E-state index in [-0.39, 0.29) is 5.91 Å². The van der Waals surface area contributed by atoms with Crippen molar-refractivity contribution in [2.75, 3.05) is 26.2 Å². The van der Waals surface area contributed by atoms with Crippen molar-refractivity contribution in [3.05, 3.63) is 35.4 Å². The van der Waals surface area contributed by atoms with Gasteiger partial charge in [0.15, 0.2) is 0 Å². The van der Waals surface area contributed by atoms with Gasteiger partial charge in [0.1, 0.15) is 0 Å². The third-order valence-electron chi connectivity index (χ3n) is 4.98. The molecule has 2 rings (SSSR count). The molecule has 0 radical (unpaired) electrons. The molecule has 1 heterocycles. The van der Waals surface area contributed by atoms with Crippen LogP contribution in [0.3, 0.4) is 0 Å². The van der Waals surface area contributed by atoms with E-state index in [4.69, 9.17) is 0 Å². The van der Waals surface area contributed by atoms with Crippen molar-refractivity contribution in [2.24, 2.45) is 11.3 Å². The van der Waals surface area contributed by atoms with Gasteiger partial charge >= 0.3 is 0 Å². The highest BCUT2D eigenvalue weighted by molar-refractivity contribution is 5.94. The van der Waals surface area contributed by atoms with Crippen LogP contribution in [0.5, 0.6) is 0 Å². The van der Waals surface area contributed by atoms with Gasteiger partial charge in [0.2, 0.25) is 0 Å². The van der Waals surface area contributed by atoms with Gasteiger partial charge in [-0.1, -0.05) is 32.9 Å². The second kappa shape index (κ2) is 9.35. The minimum absolute atomic E-state index is 0.0178. The van der Waals surface area contributed by atoms with Crippen molar-refractivity contribution in [1.29, 1.82) is 0 Å². The molecule has 0 atom stereocenters. The number of likely N-dealkylation sites (tertiary alicyclic amines) is 1. The molecule has 1 aliphatic rings. The maximum atomic E-state index is 12.2. The highest BCUT2D eigenvalue weighted by atomic mass is 16.3. The van der Waals surface area contributed by atoms with E-state index in [9.17, 15) is 9.90 Å². The lowest BCUT2D eigenvalue weighted by atomic mass is 9.91. The van der Waals surface area contributed by atoms with Crippen molar-refractivity contribution in [2.45, 2.75) is 53.0 Å². The van der Waals surface area contributed by atoms with Crippen LogP contribution in [-0.4, -0.2) is 42.2 Å². The Balaban J connectivity index is 1.74. The largest absolute Gasteiger partial charge is 0.396 e. The molecule has 4 nitrogen and oxygen atoms in total. The highest BCUT2D eigenvalue weighted by Crippen LogP contribution is 2.20. The van der Waals surface area contributed by atoms with E-state index in [1.807, 2.05) is 12.1 Å². The number of rotatable bonds is 7. The number of aliphatic hydroxyl groups is 1. The third-order valence-corrected chi connectivity index (χ3v) is 4.98.